The van der Waals surface area contributed by atoms with E-state index in [2.05, 4.69) is 5.32 Å². The second-order valence-corrected chi connectivity index (χ2v) is 8.65. The van der Waals surface area contributed by atoms with Crippen LogP contribution < -0.4 is 11.1 Å². The summed E-state index contributed by atoms with van der Waals surface area (Å²) in [7, 11) is 0. The molecule has 0 saturated carbocycles. The Balaban J connectivity index is 2.55. The van der Waals surface area contributed by atoms with Crippen molar-refractivity contribution in [1.29, 1.82) is 0 Å². The van der Waals surface area contributed by atoms with Gasteiger partial charge in [0, 0.05) is 5.56 Å². The maximum atomic E-state index is 14.9. The van der Waals surface area contributed by atoms with Crippen molar-refractivity contribution in [3.63, 3.8) is 0 Å². The Kier molecular flexibility index (Phi) is 9.49. The number of alkyl halides is 6. The fourth-order valence-electron chi connectivity index (χ4n) is 3.13. The zero-order valence-electron chi connectivity index (χ0n) is 17.8. The molecule has 0 fully saturated rings. The molecular formula is C22H18Cl3F7N2O. The van der Waals surface area contributed by atoms with Crippen molar-refractivity contribution < 1.29 is 35.5 Å². The largest absolute Gasteiger partial charge is 0.417 e. The van der Waals surface area contributed by atoms with Gasteiger partial charge in [-0.2, -0.15) is 26.3 Å². The normalized spacial score (nSPS) is 14.6. The van der Waals surface area contributed by atoms with Gasteiger partial charge < -0.3 is 11.1 Å². The predicted octanol–water partition coefficient (Wildman–Crippen LogP) is 8.14. The summed E-state index contributed by atoms with van der Waals surface area (Å²) in [6, 6.07) is 3.33. The second kappa shape index (κ2) is 11.4. The molecule has 0 aromatic heterocycles. The van der Waals surface area contributed by atoms with Gasteiger partial charge in [-0.05, 0) is 42.3 Å². The molecular weight excluding hydrogens is 548 g/mol. The Hall–Kier alpha value is -2.01. The molecule has 0 aliphatic heterocycles. The van der Waals surface area contributed by atoms with Crippen molar-refractivity contribution in [3.8, 4) is 0 Å². The van der Waals surface area contributed by atoms with E-state index in [1.54, 1.807) is 6.92 Å². The minimum atomic E-state index is -5.11. The molecule has 3 N–H and O–H groups in total. The van der Waals surface area contributed by atoms with Crippen LogP contribution in [0.1, 0.15) is 52.7 Å². The van der Waals surface area contributed by atoms with Crippen LogP contribution in [0.5, 0.6) is 0 Å². The molecule has 0 spiro atoms. The number of halogens is 10. The van der Waals surface area contributed by atoms with Crippen molar-refractivity contribution in [2.45, 2.75) is 44.2 Å². The highest BCUT2D eigenvalue weighted by Crippen LogP contribution is 2.42. The summed E-state index contributed by atoms with van der Waals surface area (Å²) in [5, 5.41) is 1.32. The Labute approximate surface area is 211 Å². The summed E-state index contributed by atoms with van der Waals surface area (Å²) >= 11 is 17.3. The van der Waals surface area contributed by atoms with Crippen LogP contribution in [0.2, 0.25) is 15.1 Å². The van der Waals surface area contributed by atoms with Crippen LogP contribution >= 0.6 is 34.8 Å². The van der Waals surface area contributed by atoms with E-state index in [0.717, 1.165) is 18.2 Å². The lowest BCUT2D eigenvalue weighted by Crippen LogP contribution is -2.41. The molecule has 2 aromatic carbocycles. The molecule has 0 bridgehead atoms. The lowest BCUT2D eigenvalue weighted by Gasteiger charge is -2.19. The summed E-state index contributed by atoms with van der Waals surface area (Å²) in [4.78, 5) is 12.3. The van der Waals surface area contributed by atoms with Crippen LogP contribution in [0, 0.1) is 0 Å². The molecule has 1 unspecified atom stereocenters. The number of allylic oxidation sites excluding steroid dienone is 1. The molecule has 3 nitrogen and oxygen atoms in total. The van der Waals surface area contributed by atoms with E-state index in [1.165, 1.54) is 0 Å². The average molecular weight is 566 g/mol. The molecule has 0 heterocycles. The molecule has 192 valence electrons. The van der Waals surface area contributed by atoms with Gasteiger partial charge in [-0.25, -0.2) is 4.39 Å². The van der Waals surface area contributed by atoms with Gasteiger partial charge in [0.15, 0.2) is 0 Å². The smallest absolute Gasteiger partial charge is 0.337 e. The number of nitrogens with two attached hydrogens (primary N) is 1. The highest BCUT2D eigenvalue weighted by molar-refractivity contribution is 6.48. The van der Waals surface area contributed by atoms with E-state index in [1.807, 2.05) is 0 Å². The van der Waals surface area contributed by atoms with Gasteiger partial charge in [0.1, 0.15) is 11.7 Å². The predicted molar refractivity (Wildman–Crippen MR) is 121 cm³/mol. The number of amides is 1. The molecule has 0 aliphatic carbocycles. The first-order valence-electron chi connectivity index (χ1n) is 9.92. The fraction of sp³-hybridized carbons (Fsp3) is 0.318. The Morgan fingerprint density at radius 3 is 2.11 bits per heavy atom. The van der Waals surface area contributed by atoms with E-state index in [4.69, 9.17) is 40.5 Å². The maximum absolute atomic E-state index is 14.9. The lowest BCUT2D eigenvalue weighted by atomic mass is 9.95. The van der Waals surface area contributed by atoms with Crippen molar-refractivity contribution >= 4 is 46.5 Å². The Morgan fingerprint density at radius 2 is 1.63 bits per heavy atom. The number of nitrogens with one attached hydrogen (secondary N) is 1. The first-order valence-corrected chi connectivity index (χ1v) is 11.1. The van der Waals surface area contributed by atoms with Crippen LogP contribution in [-0.2, 0) is 6.18 Å². The summed E-state index contributed by atoms with van der Waals surface area (Å²) in [6.45, 7) is 1.75. The van der Waals surface area contributed by atoms with Crippen molar-refractivity contribution in [2.75, 3.05) is 0 Å². The van der Waals surface area contributed by atoms with E-state index < -0.39 is 58.4 Å². The number of benzene rings is 2. The van der Waals surface area contributed by atoms with Gasteiger partial charge in [0.25, 0.3) is 5.91 Å². The molecule has 1 amide bonds. The molecule has 2 rings (SSSR count). The lowest BCUT2D eigenvalue weighted by molar-refractivity contribution is -0.140. The zero-order chi connectivity index (χ0) is 26.7. The molecule has 0 saturated heterocycles. The van der Waals surface area contributed by atoms with Crippen LogP contribution in [0.25, 0.3) is 5.83 Å². The third-order valence-electron chi connectivity index (χ3n) is 4.79. The SMILES string of the molecule is CCC[C@H](N)NC(=O)c1ccc(/C(F)=C/C(c2cc(Cl)c(Cl)c(Cl)c2)C(F)(F)F)cc1C(F)(F)F. The minimum Gasteiger partial charge on any atom is -0.337 e. The first-order chi connectivity index (χ1) is 16.1. The Morgan fingerprint density at radius 1 is 1.06 bits per heavy atom. The minimum absolute atomic E-state index is 0.0856. The number of carbonyl (C=O) groups excluding carboxylic acids is 1. The third-order valence-corrected chi connectivity index (χ3v) is 5.99. The fourth-order valence-corrected chi connectivity index (χ4v) is 3.74. The summed E-state index contributed by atoms with van der Waals surface area (Å²) < 4.78 is 96.8. The average Bonchev–Trinajstić information content (AvgIpc) is 2.73. The maximum Gasteiger partial charge on any atom is 0.417 e. The van der Waals surface area contributed by atoms with Crippen LogP contribution in [0.3, 0.4) is 0 Å². The standard InChI is InChI=1S/C22H18Cl3F7N2O/c1-2-3-18(33)34-20(35)12-5-4-10(6-14(12)22(30,31)32)17(26)9-13(21(27,28)29)11-7-15(23)19(25)16(24)8-11/h4-9,13,18H,2-3,33H2,1H3,(H,34,35)/b17-9-/t13?,18-/m1/s1. The molecule has 2 atom stereocenters. The number of hydrogen-bond donors (Lipinski definition) is 2. The van der Waals surface area contributed by atoms with Gasteiger partial charge in [0.2, 0.25) is 0 Å². The molecule has 0 aliphatic rings. The zero-order valence-corrected chi connectivity index (χ0v) is 20.1. The first kappa shape index (κ1) is 29.2. The van der Waals surface area contributed by atoms with Gasteiger partial charge in [0.05, 0.1) is 32.4 Å². The Bertz CT molecular complexity index is 1090. The van der Waals surface area contributed by atoms with Crippen molar-refractivity contribution in [1.82, 2.24) is 5.32 Å². The number of hydrogen-bond acceptors (Lipinski definition) is 2. The van der Waals surface area contributed by atoms with Gasteiger partial charge in [-0.1, -0.05) is 54.2 Å². The molecule has 0 radical (unpaired) electrons. The molecule has 35 heavy (non-hydrogen) atoms. The highest BCUT2D eigenvalue weighted by Gasteiger charge is 2.41. The highest BCUT2D eigenvalue weighted by atomic mass is 35.5. The summed E-state index contributed by atoms with van der Waals surface area (Å²) in [5.74, 6) is -5.39. The van der Waals surface area contributed by atoms with Crippen LogP contribution in [-0.4, -0.2) is 18.2 Å². The van der Waals surface area contributed by atoms with Gasteiger partial charge in [-0.15, -0.1) is 0 Å². The van der Waals surface area contributed by atoms with Crippen LogP contribution in [0.4, 0.5) is 30.7 Å². The van der Waals surface area contributed by atoms with E-state index in [0.29, 0.717) is 18.9 Å². The third kappa shape index (κ3) is 7.49. The van der Waals surface area contributed by atoms with Crippen LogP contribution in [0.15, 0.2) is 36.4 Å². The van der Waals surface area contributed by atoms with Crippen molar-refractivity contribution in [2.24, 2.45) is 5.73 Å². The summed E-state index contributed by atoms with van der Waals surface area (Å²) in [5.41, 5.74) is 1.82. The van der Waals surface area contributed by atoms with E-state index >= 15 is 0 Å². The molecule has 2 aromatic rings. The van der Waals surface area contributed by atoms with Gasteiger partial charge in [-0.3, -0.25) is 4.79 Å². The monoisotopic (exact) mass is 564 g/mol. The number of rotatable bonds is 7. The quantitative estimate of drug-likeness (QED) is 0.202. The van der Waals surface area contributed by atoms with Crippen molar-refractivity contribution in [3.05, 3.63) is 73.7 Å². The summed E-state index contributed by atoms with van der Waals surface area (Å²) in [6.07, 6.45) is -10.2. The number of carbonyl (C=O) groups is 1. The molecule has 13 heteroatoms. The van der Waals surface area contributed by atoms with E-state index in [-0.39, 0.29) is 27.2 Å². The second-order valence-electron chi connectivity index (χ2n) is 7.46. The van der Waals surface area contributed by atoms with E-state index in [9.17, 15) is 35.5 Å². The van der Waals surface area contributed by atoms with Gasteiger partial charge >= 0.3 is 12.4 Å². The topological polar surface area (TPSA) is 55.1 Å².